The van der Waals surface area contributed by atoms with Gasteiger partial charge in [-0.25, -0.2) is 13.4 Å². The van der Waals surface area contributed by atoms with Gasteiger partial charge in [0, 0.05) is 33.9 Å². The van der Waals surface area contributed by atoms with Crippen LogP contribution in [0.25, 0.3) is 32.3 Å². The molecule has 3 nitrogen and oxygen atoms in total. The summed E-state index contributed by atoms with van der Waals surface area (Å²) in [6, 6.07) is 25.8. The Morgan fingerprint density at radius 1 is 0.909 bits per heavy atom. The topological polar surface area (TPSA) is 47.0 Å². The van der Waals surface area contributed by atoms with E-state index in [4.69, 9.17) is 4.98 Å². The molecule has 0 atom stereocenters. The lowest BCUT2D eigenvalue weighted by Gasteiger charge is -2.12. The molecule has 2 heterocycles. The molecule has 1 radical (unpaired) electrons. The van der Waals surface area contributed by atoms with Gasteiger partial charge in [-0.15, -0.1) is 11.3 Å². The maximum absolute atomic E-state index is 12.3. The van der Waals surface area contributed by atoms with Gasteiger partial charge in [0.05, 0.1) is 16.8 Å². The number of fused-ring (bicyclic) bond motifs is 1. The molecule has 2 aromatic heterocycles. The summed E-state index contributed by atoms with van der Waals surface area (Å²) in [5, 5.41) is 3.10. The SMILES string of the molecule is Cc1ccc(-c2csc3c(-c4cccc(S(C)(=O)=O)c4)c(Cc4ccccc4)n[c]c23)cc1. The average molecular weight is 469 g/mol. The van der Waals surface area contributed by atoms with Crippen molar-refractivity contribution in [2.45, 2.75) is 18.2 Å². The molecular formula is C28H22NO2S2. The highest BCUT2D eigenvalue weighted by Crippen LogP contribution is 2.41. The normalized spacial score (nSPS) is 11.7. The summed E-state index contributed by atoms with van der Waals surface area (Å²) in [5.74, 6) is 0. The maximum atomic E-state index is 12.3. The maximum Gasteiger partial charge on any atom is 0.175 e. The van der Waals surface area contributed by atoms with E-state index in [0.717, 1.165) is 43.6 Å². The van der Waals surface area contributed by atoms with Crippen molar-refractivity contribution in [2.24, 2.45) is 0 Å². The Labute approximate surface area is 198 Å². The fourth-order valence-electron chi connectivity index (χ4n) is 4.01. The summed E-state index contributed by atoms with van der Waals surface area (Å²) in [4.78, 5) is 5.09. The zero-order chi connectivity index (χ0) is 23.0. The van der Waals surface area contributed by atoms with Gasteiger partial charge in [-0.2, -0.15) is 0 Å². The minimum absolute atomic E-state index is 0.307. The molecule has 0 bridgehead atoms. The highest BCUT2D eigenvalue weighted by atomic mass is 32.2. The number of aromatic nitrogens is 1. The van der Waals surface area contributed by atoms with Crippen LogP contribution in [-0.4, -0.2) is 19.7 Å². The van der Waals surface area contributed by atoms with E-state index in [-0.39, 0.29) is 0 Å². The Morgan fingerprint density at radius 2 is 1.67 bits per heavy atom. The second-order valence-corrected chi connectivity index (χ2v) is 11.1. The third-order valence-corrected chi connectivity index (χ3v) is 7.84. The van der Waals surface area contributed by atoms with Crippen LogP contribution in [-0.2, 0) is 16.3 Å². The summed E-state index contributed by atoms with van der Waals surface area (Å²) < 4.78 is 25.6. The van der Waals surface area contributed by atoms with E-state index in [1.54, 1.807) is 29.5 Å². The number of pyridine rings is 1. The van der Waals surface area contributed by atoms with Gasteiger partial charge in [-0.05, 0) is 41.1 Å². The number of hydrogen-bond donors (Lipinski definition) is 0. The van der Waals surface area contributed by atoms with Crippen molar-refractivity contribution in [3.63, 3.8) is 0 Å². The molecule has 0 N–H and O–H groups in total. The molecule has 33 heavy (non-hydrogen) atoms. The van der Waals surface area contributed by atoms with Gasteiger partial charge < -0.3 is 0 Å². The largest absolute Gasteiger partial charge is 0.249 e. The number of benzene rings is 3. The molecule has 0 unspecified atom stereocenters. The number of rotatable bonds is 5. The van der Waals surface area contributed by atoms with Crippen LogP contribution < -0.4 is 0 Å². The molecule has 163 valence electrons. The summed E-state index contributed by atoms with van der Waals surface area (Å²) in [6.07, 6.45) is 5.18. The molecule has 3 aromatic carbocycles. The first-order chi connectivity index (χ1) is 15.9. The molecule has 0 aliphatic carbocycles. The minimum atomic E-state index is -3.33. The van der Waals surface area contributed by atoms with Crippen molar-refractivity contribution in [3.8, 4) is 22.3 Å². The molecule has 0 saturated carbocycles. The second-order valence-electron chi connectivity index (χ2n) is 8.23. The number of nitrogens with zero attached hydrogens (tertiary/aromatic N) is 1. The monoisotopic (exact) mass is 468 g/mol. The van der Waals surface area contributed by atoms with Gasteiger partial charge in [0.1, 0.15) is 0 Å². The average Bonchev–Trinajstić information content (AvgIpc) is 3.24. The van der Waals surface area contributed by atoms with Crippen molar-refractivity contribution >= 4 is 31.3 Å². The third kappa shape index (κ3) is 4.34. The highest BCUT2D eigenvalue weighted by molar-refractivity contribution is 7.90. The molecule has 0 fully saturated rings. The van der Waals surface area contributed by atoms with Gasteiger partial charge in [0.15, 0.2) is 9.84 Å². The van der Waals surface area contributed by atoms with E-state index < -0.39 is 9.84 Å². The molecule has 0 spiro atoms. The van der Waals surface area contributed by atoms with Crippen molar-refractivity contribution in [1.82, 2.24) is 4.98 Å². The molecule has 5 aromatic rings. The summed E-state index contributed by atoms with van der Waals surface area (Å²) >= 11 is 1.65. The number of thiophene rings is 1. The van der Waals surface area contributed by atoms with Crippen LogP contribution in [0.5, 0.6) is 0 Å². The van der Waals surface area contributed by atoms with Crippen LogP contribution in [0.1, 0.15) is 16.8 Å². The highest BCUT2D eigenvalue weighted by Gasteiger charge is 2.18. The van der Waals surface area contributed by atoms with Crippen molar-refractivity contribution in [3.05, 3.63) is 107 Å². The Hall–Kier alpha value is -3.28. The second kappa shape index (κ2) is 8.58. The first-order valence-electron chi connectivity index (χ1n) is 10.6. The summed E-state index contributed by atoms with van der Waals surface area (Å²) in [7, 11) is -3.33. The van der Waals surface area contributed by atoms with Crippen LogP contribution in [0.15, 0.2) is 89.1 Å². The van der Waals surface area contributed by atoms with Gasteiger partial charge in [0.2, 0.25) is 0 Å². The zero-order valence-electron chi connectivity index (χ0n) is 18.4. The smallest absolute Gasteiger partial charge is 0.175 e. The minimum Gasteiger partial charge on any atom is -0.249 e. The predicted molar refractivity (Wildman–Crippen MR) is 136 cm³/mol. The van der Waals surface area contributed by atoms with E-state index in [0.29, 0.717) is 11.3 Å². The van der Waals surface area contributed by atoms with E-state index in [1.165, 1.54) is 11.8 Å². The predicted octanol–water partition coefficient (Wildman–Crippen LogP) is 6.73. The van der Waals surface area contributed by atoms with Crippen molar-refractivity contribution in [2.75, 3.05) is 6.26 Å². The number of sulfone groups is 1. The van der Waals surface area contributed by atoms with Crippen LogP contribution in [0.3, 0.4) is 0 Å². The van der Waals surface area contributed by atoms with Crippen molar-refractivity contribution in [1.29, 1.82) is 0 Å². The lowest BCUT2D eigenvalue weighted by molar-refractivity contribution is 0.602. The first kappa shape index (κ1) is 21.6. The van der Waals surface area contributed by atoms with Gasteiger partial charge in [-0.3, -0.25) is 0 Å². The number of aryl methyl sites for hydroxylation is 1. The van der Waals surface area contributed by atoms with E-state index >= 15 is 0 Å². The molecule has 0 aliphatic heterocycles. The van der Waals surface area contributed by atoms with E-state index in [1.807, 2.05) is 24.3 Å². The molecular weight excluding hydrogens is 446 g/mol. The summed E-state index contributed by atoms with van der Waals surface area (Å²) in [6.45, 7) is 2.08. The lowest BCUT2D eigenvalue weighted by atomic mass is 9.96. The van der Waals surface area contributed by atoms with E-state index in [2.05, 4.69) is 54.9 Å². The Balaban J connectivity index is 1.74. The van der Waals surface area contributed by atoms with Crippen molar-refractivity contribution < 1.29 is 8.42 Å². The van der Waals surface area contributed by atoms with Gasteiger partial charge in [0.25, 0.3) is 0 Å². The molecule has 5 rings (SSSR count). The summed E-state index contributed by atoms with van der Waals surface area (Å²) in [5.41, 5.74) is 7.29. The van der Waals surface area contributed by atoms with Gasteiger partial charge in [-0.1, -0.05) is 72.3 Å². The third-order valence-electron chi connectivity index (χ3n) is 5.74. The fraction of sp³-hybridized carbons (Fsp3) is 0.107. The van der Waals surface area contributed by atoms with Crippen LogP contribution in [0.2, 0.25) is 0 Å². The van der Waals surface area contributed by atoms with E-state index in [9.17, 15) is 8.42 Å². The fourth-order valence-corrected chi connectivity index (χ4v) is 5.79. The quantitative estimate of drug-likeness (QED) is 0.287. The van der Waals surface area contributed by atoms with Crippen LogP contribution >= 0.6 is 11.3 Å². The molecule has 0 aliphatic rings. The Bertz CT molecular complexity index is 1550. The first-order valence-corrected chi connectivity index (χ1v) is 13.4. The molecule has 0 amide bonds. The van der Waals surface area contributed by atoms with Crippen LogP contribution in [0, 0.1) is 13.1 Å². The Kier molecular flexibility index (Phi) is 5.60. The Morgan fingerprint density at radius 3 is 2.39 bits per heavy atom. The molecule has 5 heteroatoms. The lowest BCUT2D eigenvalue weighted by Crippen LogP contribution is -2.00. The molecule has 0 saturated heterocycles. The van der Waals surface area contributed by atoms with Crippen LogP contribution in [0.4, 0.5) is 0 Å². The number of hydrogen-bond acceptors (Lipinski definition) is 4. The standard InChI is InChI=1S/C28H22NO2S2/c1-19-11-13-21(14-12-19)25-18-32-28-24(25)17-29-26(15-20-7-4-3-5-8-20)27(28)22-9-6-10-23(16-22)33(2,30)31/h3-14,16,18H,15H2,1-2H3. The van der Waals surface area contributed by atoms with Gasteiger partial charge >= 0.3 is 0 Å². The zero-order valence-corrected chi connectivity index (χ0v) is 20.0.